The standard InChI is InChI=1S/C14H14N4O/c1-10(2)14(19)12-7-16-18-8-11(3-4-13(12)18)17-6-5-15-9-17/h3-10H,1-2H3. The van der Waals surface area contributed by atoms with E-state index in [1.165, 1.54) is 0 Å². The van der Waals surface area contributed by atoms with Gasteiger partial charge in [0, 0.05) is 18.3 Å². The number of rotatable bonds is 3. The highest BCUT2D eigenvalue weighted by Crippen LogP contribution is 2.17. The van der Waals surface area contributed by atoms with Crippen molar-refractivity contribution in [3.05, 3.63) is 48.8 Å². The van der Waals surface area contributed by atoms with Crippen molar-refractivity contribution in [1.29, 1.82) is 0 Å². The summed E-state index contributed by atoms with van der Waals surface area (Å²) >= 11 is 0. The largest absolute Gasteiger partial charge is 0.305 e. The Balaban J connectivity index is 2.10. The van der Waals surface area contributed by atoms with Crippen molar-refractivity contribution in [2.45, 2.75) is 13.8 Å². The molecule has 0 atom stereocenters. The number of imidazole rings is 1. The van der Waals surface area contributed by atoms with Gasteiger partial charge >= 0.3 is 0 Å². The summed E-state index contributed by atoms with van der Waals surface area (Å²) in [7, 11) is 0. The molecule has 96 valence electrons. The summed E-state index contributed by atoms with van der Waals surface area (Å²) in [5.74, 6) is 0.0895. The summed E-state index contributed by atoms with van der Waals surface area (Å²) in [6.45, 7) is 3.79. The third-order valence-electron chi connectivity index (χ3n) is 3.09. The van der Waals surface area contributed by atoms with Gasteiger partial charge in [-0.15, -0.1) is 0 Å². The van der Waals surface area contributed by atoms with Crippen LogP contribution in [0.1, 0.15) is 24.2 Å². The maximum Gasteiger partial charge on any atom is 0.169 e. The molecule has 3 aromatic rings. The molecule has 0 N–H and O–H groups in total. The minimum absolute atomic E-state index is 0.0266. The Bertz CT molecular complexity index is 725. The van der Waals surface area contributed by atoms with Crippen LogP contribution in [0, 0.1) is 5.92 Å². The number of hydrogen-bond donors (Lipinski definition) is 0. The van der Waals surface area contributed by atoms with Gasteiger partial charge in [-0.3, -0.25) is 4.79 Å². The summed E-state index contributed by atoms with van der Waals surface area (Å²) in [6.07, 6.45) is 8.83. The molecule has 0 aromatic carbocycles. The molecule has 19 heavy (non-hydrogen) atoms. The Kier molecular flexibility index (Phi) is 2.67. The van der Waals surface area contributed by atoms with E-state index in [1.807, 2.05) is 42.9 Å². The predicted molar refractivity (Wildman–Crippen MR) is 71.5 cm³/mol. The highest BCUT2D eigenvalue weighted by molar-refractivity contribution is 6.03. The number of pyridine rings is 1. The average Bonchev–Trinajstić information content (AvgIpc) is 3.06. The molecule has 0 aliphatic carbocycles. The number of fused-ring (bicyclic) bond motifs is 1. The van der Waals surface area contributed by atoms with Crippen LogP contribution in [-0.4, -0.2) is 24.9 Å². The van der Waals surface area contributed by atoms with Gasteiger partial charge in [0.2, 0.25) is 0 Å². The van der Waals surface area contributed by atoms with Crippen LogP contribution in [0.15, 0.2) is 43.2 Å². The van der Waals surface area contributed by atoms with Gasteiger partial charge in [0.05, 0.1) is 35.5 Å². The first kappa shape index (κ1) is 11.6. The molecule has 0 radical (unpaired) electrons. The molecule has 0 spiro atoms. The lowest BCUT2D eigenvalue weighted by Gasteiger charge is -2.04. The molecule has 0 saturated carbocycles. The molecule has 0 unspecified atom stereocenters. The van der Waals surface area contributed by atoms with Crippen LogP contribution >= 0.6 is 0 Å². The Morgan fingerprint density at radius 2 is 2.16 bits per heavy atom. The SMILES string of the molecule is CC(C)C(=O)c1cnn2cc(-n3ccnc3)ccc12. The van der Waals surface area contributed by atoms with Gasteiger partial charge in [0.1, 0.15) is 0 Å². The van der Waals surface area contributed by atoms with Gasteiger partial charge in [0.25, 0.3) is 0 Å². The first-order chi connectivity index (χ1) is 9.16. The van der Waals surface area contributed by atoms with Crippen molar-refractivity contribution in [3.63, 3.8) is 0 Å². The number of aromatic nitrogens is 4. The lowest BCUT2D eigenvalue weighted by atomic mass is 10.0. The molecule has 0 aliphatic heterocycles. The average molecular weight is 254 g/mol. The van der Waals surface area contributed by atoms with E-state index < -0.39 is 0 Å². The normalized spacial score (nSPS) is 11.3. The zero-order chi connectivity index (χ0) is 13.4. The van der Waals surface area contributed by atoms with Crippen LogP contribution in [-0.2, 0) is 0 Å². The van der Waals surface area contributed by atoms with Gasteiger partial charge in [-0.2, -0.15) is 5.10 Å². The summed E-state index contributed by atoms with van der Waals surface area (Å²) in [5, 5.41) is 4.25. The maximum atomic E-state index is 12.1. The maximum absolute atomic E-state index is 12.1. The van der Waals surface area contributed by atoms with Gasteiger partial charge < -0.3 is 4.57 Å². The van der Waals surface area contributed by atoms with E-state index in [9.17, 15) is 4.79 Å². The molecule has 0 amide bonds. The highest BCUT2D eigenvalue weighted by Gasteiger charge is 2.15. The van der Waals surface area contributed by atoms with E-state index in [4.69, 9.17) is 0 Å². The minimum Gasteiger partial charge on any atom is -0.305 e. The van der Waals surface area contributed by atoms with Crippen LogP contribution in [0.4, 0.5) is 0 Å². The minimum atomic E-state index is -0.0266. The summed E-state index contributed by atoms with van der Waals surface area (Å²) in [5.41, 5.74) is 2.46. The molecule has 5 heteroatoms. The summed E-state index contributed by atoms with van der Waals surface area (Å²) in [6, 6.07) is 3.87. The Labute approximate surface area is 110 Å². The van der Waals surface area contributed by atoms with Crippen molar-refractivity contribution in [3.8, 4) is 5.69 Å². The summed E-state index contributed by atoms with van der Waals surface area (Å²) in [4.78, 5) is 16.1. The van der Waals surface area contributed by atoms with Gasteiger partial charge in [0.15, 0.2) is 5.78 Å². The molecular formula is C14H14N4O. The monoisotopic (exact) mass is 254 g/mol. The van der Waals surface area contributed by atoms with E-state index in [0.29, 0.717) is 5.56 Å². The van der Waals surface area contributed by atoms with Crippen LogP contribution < -0.4 is 0 Å². The van der Waals surface area contributed by atoms with E-state index in [-0.39, 0.29) is 11.7 Å². The lowest BCUT2D eigenvalue weighted by molar-refractivity contribution is 0.0941. The fourth-order valence-electron chi connectivity index (χ4n) is 2.04. The number of hydrogen-bond acceptors (Lipinski definition) is 3. The highest BCUT2D eigenvalue weighted by atomic mass is 16.1. The fourth-order valence-corrected chi connectivity index (χ4v) is 2.04. The second kappa shape index (κ2) is 4.35. The van der Waals surface area contributed by atoms with Crippen molar-refractivity contribution >= 4 is 11.3 Å². The van der Waals surface area contributed by atoms with Crippen LogP contribution in [0.3, 0.4) is 0 Å². The quantitative estimate of drug-likeness (QED) is 0.674. The Morgan fingerprint density at radius 3 is 2.84 bits per heavy atom. The van der Waals surface area contributed by atoms with E-state index in [1.54, 1.807) is 23.2 Å². The van der Waals surface area contributed by atoms with Crippen molar-refractivity contribution in [2.24, 2.45) is 5.92 Å². The zero-order valence-electron chi connectivity index (χ0n) is 10.8. The molecule has 0 saturated heterocycles. The van der Waals surface area contributed by atoms with Gasteiger partial charge in [-0.1, -0.05) is 13.8 Å². The first-order valence-corrected chi connectivity index (χ1v) is 6.17. The van der Waals surface area contributed by atoms with Crippen LogP contribution in [0.2, 0.25) is 0 Å². The second-order valence-corrected chi connectivity index (χ2v) is 4.76. The fraction of sp³-hybridized carbons (Fsp3) is 0.214. The van der Waals surface area contributed by atoms with Crippen molar-refractivity contribution in [1.82, 2.24) is 19.2 Å². The predicted octanol–water partition coefficient (Wildman–Crippen LogP) is 2.36. The number of ketones is 1. The number of carbonyl (C=O) groups is 1. The summed E-state index contributed by atoms with van der Waals surface area (Å²) < 4.78 is 3.62. The molecule has 5 nitrogen and oxygen atoms in total. The zero-order valence-corrected chi connectivity index (χ0v) is 10.8. The molecular weight excluding hydrogens is 240 g/mol. The van der Waals surface area contributed by atoms with Gasteiger partial charge in [-0.05, 0) is 12.1 Å². The molecule has 0 bridgehead atoms. The number of Topliss-reactive ketones (excluding diaryl/α,β-unsaturated/α-hetero) is 1. The molecule has 0 aliphatic rings. The van der Waals surface area contributed by atoms with Crippen molar-refractivity contribution in [2.75, 3.05) is 0 Å². The first-order valence-electron chi connectivity index (χ1n) is 6.17. The number of nitrogens with zero attached hydrogens (tertiary/aromatic N) is 4. The molecule has 3 heterocycles. The van der Waals surface area contributed by atoms with Crippen LogP contribution in [0.5, 0.6) is 0 Å². The van der Waals surface area contributed by atoms with E-state index in [2.05, 4.69) is 10.1 Å². The van der Waals surface area contributed by atoms with E-state index in [0.717, 1.165) is 11.2 Å². The number of carbonyl (C=O) groups excluding carboxylic acids is 1. The van der Waals surface area contributed by atoms with Crippen LogP contribution in [0.25, 0.3) is 11.2 Å². The van der Waals surface area contributed by atoms with E-state index >= 15 is 0 Å². The Hall–Kier alpha value is -2.43. The molecule has 3 rings (SSSR count). The van der Waals surface area contributed by atoms with Crippen molar-refractivity contribution < 1.29 is 4.79 Å². The lowest BCUT2D eigenvalue weighted by Crippen LogP contribution is -2.06. The smallest absolute Gasteiger partial charge is 0.169 e. The topological polar surface area (TPSA) is 52.2 Å². The second-order valence-electron chi connectivity index (χ2n) is 4.76. The Morgan fingerprint density at radius 1 is 1.32 bits per heavy atom. The molecule has 0 fully saturated rings. The third kappa shape index (κ3) is 1.93. The third-order valence-corrected chi connectivity index (χ3v) is 3.09. The molecule has 3 aromatic heterocycles. The van der Waals surface area contributed by atoms with Gasteiger partial charge in [-0.25, -0.2) is 9.50 Å².